The third-order valence-corrected chi connectivity index (χ3v) is 7.43. The van der Waals surface area contributed by atoms with Crippen LogP contribution in [0, 0.1) is 5.92 Å². The van der Waals surface area contributed by atoms with Crippen molar-refractivity contribution in [1.29, 1.82) is 0 Å². The lowest BCUT2D eigenvalue weighted by molar-refractivity contribution is -0.321. The number of amides is 4. The first-order chi connectivity index (χ1) is 16.3. The summed E-state index contributed by atoms with van der Waals surface area (Å²) in [6, 6.07) is -2.45. The smallest absolute Gasteiger partial charge is 0.356 e. The third-order valence-electron chi connectivity index (χ3n) is 7.43. The van der Waals surface area contributed by atoms with Gasteiger partial charge in [0.15, 0.2) is 5.78 Å². The highest BCUT2D eigenvalue weighted by Crippen LogP contribution is 2.52. The van der Waals surface area contributed by atoms with E-state index in [-0.39, 0.29) is 18.7 Å². The highest BCUT2D eigenvalue weighted by atomic mass is 19.4. The first kappa shape index (κ1) is 25.4. The van der Waals surface area contributed by atoms with E-state index in [1.807, 2.05) is 6.92 Å². The van der Waals surface area contributed by atoms with Gasteiger partial charge in [0.05, 0.1) is 6.04 Å². The van der Waals surface area contributed by atoms with E-state index in [2.05, 4.69) is 20.7 Å². The van der Waals surface area contributed by atoms with Gasteiger partial charge in [-0.15, -0.1) is 13.2 Å². The molecule has 194 valence electrons. The zero-order valence-corrected chi connectivity index (χ0v) is 19.3. The molecule has 1 spiro atoms. The minimum absolute atomic E-state index is 0.192. The van der Waals surface area contributed by atoms with E-state index < -0.39 is 65.6 Å². The second-order valence-corrected chi connectivity index (χ2v) is 10.2. The Balaban J connectivity index is 1.46. The number of nitrogens with zero attached hydrogens (tertiary/aromatic N) is 1. The van der Waals surface area contributed by atoms with Crippen molar-refractivity contribution in [2.45, 2.75) is 87.8 Å². The largest absolute Gasteiger partial charge is 0.522 e. The normalized spacial score (nSPS) is 26.7. The summed E-state index contributed by atoms with van der Waals surface area (Å²) < 4.78 is 41.1. The van der Waals surface area contributed by atoms with Gasteiger partial charge in [-0.2, -0.15) is 0 Å². The predicted molar refractivity (Wildman–Crippen MR) is 112 cm³/mol. The number of nitrogens with one attached hydrogen (secondary N) is 3. The molecule has 35 heavy (non-hydrogen) atoms. The van der Waals surface area contributed by atoms with E-state index >= 15 is 0 Å². The monoisotopic (exact) mass is 502 g/mol. The van der Waals surface area contributed by atoms with E-state index in [9.17, 15) is 37.1 Å². The van der Waals surface area contributed by atoms with Crippen molar-refractivity contribution < 1.29 is 41.9 Å². The van der Waals surface area contributed by atoms with Gasteiger partial charge in [-0.05, 0) is 58.3 Å². The van der Waals surface area contributed by atoms with Crippen LogP contribution in [0.5, 0.6) is 0 Å². The van der Waals surface area contributed by atoms with Gasteiger partial charge in [0.1, 0.15) is 12.6 Å². The summed E-state index contributed by atoms with van der Waals surface area (Å²) in [7, 11) is 0. The maximum atomic E-state index is 13.2. The molecule has 2 saturated heterocycles. The van der Waals surface area contributed by atoms with Crippen molar-refractivity contribution in [2.75, 3.05) is 13.2 Å². The fourth-order valence-electron chi connectivity index (χ4n) is 4.92. The summed E-state index contributed by atoms with van der Waals surface area (Å²) in [6.07, 6.45) is -1.33. The van der Waals surface area contributed by atoms with Crippen molar-refractivity contribution in [3.05, 3.63) is 0 Å². The summed E-state index contributed by atoms with van der Waals surface area (Å²) >= 11 is 0. The van der Waals surface area contributed by atoms with Crippen LogP contribution in [-0.2, 0) is 28.7 Å². The first-order valence-corrected chi connectivity index (χ1v) is 11.8. The fourth-order valence-corrected chi connectivity index (χ4v) is 4.92. The maximum absolute atomic E-state index is 13.2. The van der Waals surface area contributed by atoms with Crippen LogP contribution >= 0.6 is 0 Å². The fraction of sp³-hybridized carbons (Fsp3) is 0.773. The lowest BCUT2D eigenvalue weighted by Crippen LogP contribution is -2.57. The topological polar surface area (TPSA) is 134 Å². The van der Waals surface area contributed by atoms with Gasteiger partial charge >= 0.3 is 18.2 Å². The predicted octanol–water partition coefficient (Wildman–Crippen LogP) is 0.295. The first-order valence-electron chi connectivity index (χ1n) is 11.8. The minimum Gasteiger partial charge on any atom is -0.356 e. The highest BCUT2D eigenvalue weighted by Gasteiger charge is 2.59. The van der Waals surface area contributed by atoms with Crippen molar-refractivity contribution in [2.24, 2.45) is 5.92 Å². The molecule has 2 heterocycles. The lowest BCUT2D eigenvalue weighted by Gasteiger charge is -2.31. The molecule has 4 fully saturated rings. The molecule has 0 radical (unpaired) electrons. The number of carbonyl (C=O) groups is 5. The SMILES string of the molecule is CC1(NC(=O)C(=O)N2[C@H](C(=O)N[C@@H](C[C@@H]3CCNC3=O)C(=O)COC(F)(F)F)CCC23CC3)CC1. The van der Waals surface area contributed by atoms with E-state index in [0.29, 0.717) is 32.2 Å². The van der Waals surface area contributed by atoms with E-state index in [1.165, 1.54) is 4.90 Å². The number of rotatable bonds is 8. The van der Waals surface area contributed by atoms with Crippen LogP contribution in [-0.4, -0.2) is 77.0 Å². The number of alkyl halides is 3. The van der Waals surface area contributed by atoms with Crippen molar-refractivity contribution in [3.63, 3.8) is 0 Å². The molecule has 3 atom stereocenters. The molecule has 0 aromatic heterocycles. The van der Waals surface area contributed by atoms with Gasteiger partial charge in [0, 0.05) is 23.5 Å². The molecule has 0 unspecified atom stereocenters. The van der Waals surface area contributed by atoms with Crippen LogP contribution in [0.3, 0.4) is 0 Å². The lowest BCUT2D eigenvalue weighted by atomic mass is 9.95. The number of carbonyl (C=O) groups excluding carboxylic acids is 5. The van der Waals surface area contributed by atoms with Gasteiger partial charge in [-0.3, -0.25) is 28.7 Å². The van der Waals surface area contributed by atoms with Crippen molar-refractivity contribution in [1.82, 2.24) is 20.9 Å². The molecular weight excluding hydrogens is 473 g/mol. The number of hydrogen-bond acceptors (Lipinski definition) is 6. The Bertz CT molecular complexity index is 931. The van der Waals surface area contributed by atoms with E-state index in [1.54, 1.807) is 0 Å². The zero-order valence-electron chi connectivity index (χ0n) is 19.3. The van der Waals surface area contributed by atoms with Gasteiger partial charge in [-0.25, -0.2) is 0 Å². The molecule has 3 N–H and O–H groups in total. The Hall–Kier alpha value is -2.70. The Kier molecular flexibility index (Phi) is 6.58. The number of ether oxygens (including phenoxy) is 1. The molecule has 10 nitrogen and oxygen atoms in total. The van der Waals surface area contributed by atoms with E-state index in [0.717, 1.165) is 12.8 Å². The Morgan fingerprint density at radius 2 is 1.83 bits per heavy atom. The Morgan fingerprint density at radius 1 is 1.14 bits per heavy atom. The molecule has 4 aliphatic rings. The summed E-state index contributed by atoms with van der Waals surface area (Å²) in [6.45, 7) is 0.859. The van der Waals surface area contributed by atoms with Crippen molar-refractivity contribution >= 4 is 29.4 Å². The summed E-state index contributed by atoms with van der Waals surface area (Å²) in [4.78, 5) is 64.6. The molecule has 2 saturated carbocycles. The van der Waals surface area contributed by atoms with Crippen LogP contribution < -0.4 is 16.0 Å². The Labute approximate surface area is 199 Å². The van der Waals surface area contributed by atoms with Crippen LogP contribution in [0.4, 0.5) is 13.2 Å². The average molecular weight is 502 g/mol. The summed E-state index contributed by atoms with van der Waals surface area (Å²) in [5.74, 6) is -4.41. The molecule has 4 rings (SSSR count). The second-order valence-electron chi connectivity index (χ2n) is 10.2. The quantitative estimate of drug-likeness (QED) is 0.409. The van der Waals surface area contributed by atoms with Crippen LogP contribution in [0.2, 0.25) is 0 Å². The standard InChI is InChI=1S/C22H29F3N4O6/c1-20(5-6-20)28-18(33)19(34)29-14(2-4-21(29)7-8-21)17(32)27-13(10-12-3-9-26-16(12)31)15(30)11-35-22(23,24)25/h12-14H,2-11H2,1H3,(H,26,31)(H,27,32)(H,28,33)/t12-,13-,14-/m0/s1. The molecule has 2 aliphatic heterocycles. The summed E-state index contributed by atoms with van der Waals surface area (Å²) in [5.41, 5.74) is -1.02. The Morgan fingerprint density at radius 3 is 2.37 bits per heavy atom. The van der Waals surface area contributed by atoms with E-state index in [4.69, 9.17) is 0 Å². The summed E-state index contributed by atoms with van der Waals surface area (Å²) in [5, 5.41) is 7.73. The van der Waals surface area contributed by atoms with Crippen LogP contribution in [0.15, 0.2) is 0 Å². The zero-order chi connectivity index (χ0) is 25.6. The third kappa shape index (κ3) is 5.76. The van der Waals surface area contributed by atoms with Gasteiger partial charge in [0.25, 0.3) is 0 Å². The molecule has 4 amide bonds. The van der Waals surface area contributed by atoms with Crippen LogP contribution in [0.1, 0.15) is 58.3 Å². The second kappa shape index (κ2) is 9.07. The van der Waals surface area contributed by atoms with Crippen LogP contribution in [0.25, 0.3) is 0 Å². The maximum Gasteiger partial charge on any atom is 0.522 e. The van der Waals surface area contributed by atoms with Crippen molar-refractivity contribution in [3.8, 4) is 0 Å². The molecule has 0 aromatic carbocycles. The number of halogens is 3. The number of hydrogen-bond donors (Lipinski definition) is 3. The number of ketones is 1. The highest BCUT2D eigenvalue weighted by molar-refractivity contribution is 6.36. The van der Waals surface area contributed by atoms with Gasteiger partial charge in [-0.1, -0.05) is 0 Å². The molecule has 0 bridgehead atoms. The number of Topliss-reactive ketones (excluding diaryl/α,β-unsaturated/α-hetero) is 1. The molecule has 2 aliphatic carbocycles. The van der Waals surface area contributed by atoms with Gasteiger partial charge in [0.2, 0.25) is 11.8 Å². The average Bonchev–Trinajstić information content (AvgIpc) is 3.62. The molecular formula is C22H29F3N4O6. The minimum atomic E-state index is -5.03. The molecule has 13 heteroatoms. The molecule has 0 aromatic rings. The van der Waals surface area contributed by atoms with Gasteiger partial charge < -0.3 is 20.9 Å². The number of likely N-dealkylation sites (tertiary alicyclic amines) is 1.